The van der Waals surface area contributed by atoms with Gasteiger partial charge in [-0.1, -0.05) is 24.0 Å². The topological polar surface area (TPSA) is 75.3 Å². The Kier molecular flexibility index (Phi) is 4.60. The van der Waals surface area contributed by atoms with Gasteiger partial charge in [-0.3, -0.25) is 4.79 Å². The lowest BCUT2D eigenvalue weighted by Gasteiger charge is -2.09. The molecule has 1 amide bonds. The van der Waals surface area contributed by atoms with Crippen molar-refractivity contribution in [3.05, 3.63) is 59.2 Å². The molecule has 0 aromatic heterocycles. The van der Waals surface area contributed by atoms with Crippen LogP contribution in [0.4, 0.5) is 5.69 Å². The van der Waals surface area contributed by atoms with E-state index in [9.17, 15) is 9.90 Å². The maximum atomic E-state index is 12.2. The summed E-state index contributed by atoms with van der Waals surface area (Å²) >= 11 is 0. The van der Waals surface area contributed by atoms with Crippen LogP contribution < -0.4 is 11.1 Å². The van der Waals surface area contributed by atoms with Crippen LogP contribution >= 0.6 is 0 Å². The number of rotatable bonds is 2. The van der Waals surface area contributed by atoms with E-state index in [1.54, 1.807) is 12.1 Å². The lowest BCUT2D eigenvalue weighted by molar-refractivity contribution is 0.102. The number of hydrogen-bond donors (Lipinski definition) is 3. The van der Waals surface area contributed by atoms with E-state index >= 15 is 0 Å². The normalized spacial score (nSPS) is 9.62. The van der Waals surface area contributed by atoms with Crippen molar-refractivity contribution in [3.63, 3.8) is 0 Å². The molecule has 2 rings (SSSR count). The molecule has 4 heteroatoms. The Morgan fingerprint density at radius 3 is 2.81 bits per heavy atom. The van der Waals surface area contributed by atoms with E-state index in [2.05, 4.69) is 17.2 Å². The number of nitrogens with one attached hydrogen (secondary N) is 1. The molecule has 0 bridgehead atoms. The molecule has 4 nitrogen and oxygen atoms in total. The highest BCUT2D eigenvalue weighted by Crippen LogP contribution is 2.19. The number of phenols is 1. The molecule has 0 aliphatic carbocycles. The fraction of sp³-hybridized carbons (Fsp3) is 0.118. The first-order valence-electron chi connectivity index (χ1n) is 6.50. The molecule has 0 saturated heterocycles. The van der Waals surface area contributed by atoms with E-state index in [1.807, 2.05) is 25.1 Å². The van der Waals surface area contributed by atoms with Crippen molar-refractivity contribution >= 4 is 11.6 Å². The van der Waals surface area contributed by atoms with E-state index in [4.69, 9.17) is 5.73 Å². The standard InChI is InChI=1S/C17H16N2O2/c1-12-7-8-13(5-3-9-18)16(10-12)19-17(21)14-4-2-6-15(20)11-14/h2,4,6-8,10-11,20H,9,18H2,1H3,(H,19,21). The lowest BCUT2D eigenvalue weighted by atomic mass is 10.1. The minimum atomic E-state index is -0.299. The van der Waals surface area contributed by atoms with Crippen LogP contribution in [0.3, 0.4) is 0 Å². The number of carbonyl (C=O) groups excluding carboxylic acids is 1. The summed E-state index contributed by atoms with van der Waals surface area (Å²) in [6.45, 7) is 2.19. The van der Waals surface area contributed by atoms with Crippen molar-refractivity contribution in [2.45, 2.75) is 6.92 Å². The zero-order valence-corrected chi connectivity index (χ0v) is 11.7. The quantitative estimate of drug-likeness (QED) is 0.739. The smallest absolute Gasteiger partial charge is 0.255 e. The zero-order valence-electron chi connectivity index (χ0n) is 11.7. The van der Waals surface area contributed by atoms with Gasteiger partial charge in [0.25, 0.3) is 5.91 Å². The molecule has 0 fully saturated rings. The molecule has 2 aromatic carbocycles. The monoisotopic (exact) mass is 280 g/mol. The Labute approximate surface area is 123 Å². The third-order valence-corrected chi connectivity index (χ3v) is 2.86. The number of hydrogen-bond acceptors (Lipinski definition) is 3. The Morgan fingerprint density at radius 1 is 1.29 bits per heavy atom. The van der Waals surface area contributed by atoms with Crippen LogP contribution in [0.2, 0.25) is 0 Å². The summed E-state index contributed by atoms with van der Waals surface area (Å²) in [6, 6.07) is 11.8. The number of benzene rings is 2. The number of nitrogens with two attached hydrogens (primary N) is 1. The Morgan fingerprint density at radius 2 is 2.10 bits per heavy atom. The van der Waals surface area contributed by atoms with Crippen LogP contribution in [-0.2, 0) is 0 Å². The van der Waals surface area contributed by atoms with Crippen molar-refractivity contribution in [3.8, 4) is 17.6 Å². The van der Waals surface area contributed by atoms with Gasteiger partial charge < -0.3 is 16.2 Å². The fourth-order valence-corrected chi connectivity index (χ4v) is 1.86. The van der Waals surface area contributed by atoms with Crippen LogP contribution in [0.15, 0.2) is 42.5 Å². The second kappa shape index (κ2) is 6.60. The maximum absolute atomic E-state index is 12.2. The molecule has 106 valence electrons. The Balaban J connectivity index is 2.30. The molecule has 0 unspecified atom stereocenters. The van der Waals surface area contributed by atoms with Gasteiger partial charge in [0.15, 0.2) is 0 Å². The van der Waals surface area contributed by atoms with E-state index in [-0.39, 0.29) is 18.2 Å². The van der Waals surface area contributed by atoms with Gasteiger partial charge in [0.2, 0.25) is 0 Å². The summed E-state index contributed by atoms with van der Waals surface area (Å²) in [7, 11) is 0. The van der Waals surface area contributed by atoms with Gasteiger partial charge in [-0.2, -0.15) is 0 Å². The molecule has 0 saturated carbocycles. The number of phenolic OH excluding ortho intramolecular Hbond substituents is 1. The van der Waals surface area contributed by atoms with Gasteiger partial charge in [-0.25, -0.2) is 0 Å². The molecule has 2 aromatic rings. The molecule has 0 radical (unpaired) electrons. The molecule has 0 spiro atoms. The summed E-state index contributed by atoms with van der Waals surface area (Å²) in [6.07, 6.45) is 0. The maximum Gasteiger partial charge on any atom is 0.255 e. The third kappa shape index (κ3) is 3.85. The molecular weight excluding hydrogens is 264 g/mol. The summed E-state index contributed by atoms with van der Waals surface area (Å²) in [5.41, 5.74) is 8.11. The summed E-state index contributed by atoms with van der Waals surface area (Å²) in [5, 5.41) is 12.2. The number of aryl methyl sites for hydroxylation is 1. The molecule has 0 atom stereocenters. The van der Waals surface area contributed by atoms with Crippen LogP contribution in [-0.4, -0.2) is 17.6 Å². The first kappa shape index (κ1) is 14.6. The molecule has 0 aliphatic rings. The van der Waals surface area contributed by atoms with E-state index in [0.29, 0.717) is 16.8 Å². The minimum Gasteiger partial charge on any atom is -0.508 e. The zero-order chi connectivity index (χ0) is 15.2. The fourth-order valence-electron chi connectivity index (χ4n) is 1.86. The average molecular weight is 280 g/mol. The second-order valence-corrected chi connectivity index (χ2v) is 4.56. The summed E-state index contributed by atoms with van der Waals surface area (Å²) in [4.78, 5) is 12.2. The lowest BCUT2D eigenvalue weighted by Crippen LogP contribution is -2.13. The molecule has 0 heterocycles. The van der Waals surface area contributed by atoms with Crippen LogP contribution in [0.1, 0.15) is 21.5 Å². The van der Waals surface area contributed by atoms with Gasteiger partial charge in [0.1, 0.15) is 5.75 Å². The van der Waals surface area contributed by atoms with Crippen molar-refractivity contribution in [2.24, 2.45) is 5.73 Å². The first-order chi connectivity index (χ1) is 10.1. The highest BCUT2D eigenvalue weighted by Gasteiger charge is 2.09. The SMILES string of the molecule is Cc1ccc(C#CCN)c(NC(=O)c2cccc(O)c2)c1. The van der Waals surface area contributed by atoms with E-state index in [1.165, 1.54) is 12.1 Å². The average Bonchev–Trinajstić information content (AvgIpc) is 2.46. The van der Waals surface area contributed by atoms with Gasteiger partial charge in [-0.15, -0.1) is 0 Å². The summed E-state index contributed by atoms with van der Waals surface area (Å²) < 4.78 is 0. The molecular formula is C17H16N2O2. The molecule has 21 heavy (non-hydrogen) atoms. The number of aromatic hydroxyl groups is 1. The van der Waals surface area contributed by atoms with Crippen molar-refractivity contribution in [1.29, 1.82) is 0 Å². The Hall–Kier alpha value is -2.77. The van der Waals surface area contributed by atoms with E-state index < -0.39 is 0 Å². The van der Waals surface area contributed by atoms with Crippen LogP contribution in [0.5, 0.6) is 5.75 Å². The molecule has 4 N–H and O–H groups in total. The first-order valence-corrected chi connectivity index (χ1v) is 6.50. The number of anilines is 1. The third-order valence-electron chi connectivity index (χ3n) is 2.86. The van der Waals surface area contributed by atoms with Gasteiger partial charge in [0.05, 0.1) is 12.2 Å². The van der Waals surface area contributed by atoms with Crippen LogP contribution in [0.25, 0.3) is 0 Å². The second-order valence-electron chi connectivity index (χ2n) is 4.56. The van der Waals surface area contributed by atoms with Gasteiger partial charge in [-0.05, 0) is 42.8 Å². The van der Waals surface area contributed by atoms with Gasteiger partial charge in [0, 0.05) is 11.1 Å². The predicted octanol–water partition coefficient (Wildman–Crippen LogP) is 2.26. The predicted molar refractivity (Wildman–Crippen MR) is 83.2 cm³/mol. The largest absolute Gasteiger partial charge is 0.508 e. The van der Waals surface area contributed by atoms with E-state index in [0.717, 1.165) is 5.56 Å². The van der Waals surface area contributed by atoms with Crippen molar-refractivity contribution in [2.75, 3.05) is 11.9 Å². The van der Waals surface area contributed by atoms with Crippen LogP contribution in [0, 0.1) is 18.8 Å². The van der Waals surface area contributed by atoms with Gasteiger partial charge >= 0.3 is 0 Å². The summed E-state index contributed by atoms with van der Waals surface area (Å²) in [5.74, 6) is 5.45. The molecule has 0 aliphatic heterocycles. The van der Waals surface area contributed by atoms with Crippen molar-refractivity contribution < 1.29 is 9.90 Å². The highest BCUT2D eigenvalue weighted by atomic mass is 16.3. The highest BCUT2D eigenvalue weighted by molar-refractivity contribution is 6.05. The number of amides is 1. The van der Waals surface area contributed by atoms with Crippen molar-refractivity contribution in [1.82, 2.24) is 0 Å². The number of carbonyl (C=O) groups is 1. The minimum absolute atomic E-state index is 0.0510. The Bertz CT molecular complexity index is 727.